The molecule has 7 heteroatoms. The summed E-state index contributed by atoms with van der Waals surface area (Å²) in [5.74, 6) is 2.27. The second-order valence-electron chi connectivity index (χ2n) is 9.75. The lowest BCUT2D eigenvalue weighted by atomic mass is 9.91. The van der Waals surface area contributed by atoms with Crippen molar-refractivity contribution in [1.29, 1.82) is 0 Å². The first kappa shape index (κ1) is 24.6. The van der Waals surface area contributed by atoms with E-state index in [1.165, 1.54) is 0 Å². The highest BCUT2D eigenvalue weighted by atomic mass is 16.5. The molecule has 0 bridgehead atoms. The normalized spacial score (nSPS) is 17.2. The van der Waals surface area contributed by atoms with Gasteiger partial charge in [-0.15, -0.1) is 0 Å². The van der Waals surface area contributed by atoms with Crippen LogP contribution in [-0.2, 0) is 6.61 Å². The van der Waals surface area contributed by atoms with Crippen molar-refractivity contribution < 1.29 is 9.53 Å². The van der Waals surface area contributed by atoms with Crippen LogP contribution in [0.15, 0.2) is 78.9 Å². The number of carbonyl (C=O) groups excluding carboxylic acids is 1. The van der Waals surface area contributed by atoms with Crippen LogP contribution in [0.25, 0.3) is 10.9 Å². The first-order valence-electron chi connectivity index (χ1n) is 12.8. The molecular formula is C30H33N5O2. The van der Waals surface area contributed by atoms with Crippen LogP contribution in [0.4, 0.5) is 11.8 Å². The summed E-state index contributed by atoms with van der Waals surface area (Å²) < 4.78 is 5.83. The number of ether oxygens (including phenoxy) is 1. The van der Waals surface area contributed by atoms with Gasteiger partial charge in [0.05, 0.1) is 5.52 Å². The van der Waals surface area contributed by atoms with E-state index in [-0.39, 0.29) is 18.0 Å². The standard InChI is InChI=1S/C30H33N5O2/c1-35(2)28-26-10-6-7-11-27(26)33-30(34-28)32-24-16-14-23(15-17-24)31-29(36)22-12-18-25(19-13-22)37-20-21-8-4-3-5-9-21/h3-13,18-19,23-24H,14-17,20H2,1-2H3,(H,31,36)(H,32,33,34). The lowest BCUT2D eigenvalue weighted by Gasteiger charge is -2.30. The Labute approximate surface area is 217 Å². The molecule has 0 aliphatic heterocycles. The summed E-state index contributed by atoms with van der Waals surface area (Å²) in [5.41, 5.74) is 2.69. The molecule has 37 heavy (non-hydrogen) atoms. The van der Waals surface area contributed by atoms with Gasteiger partial charge in [0.25, 0.3) is 5.91 Å². The number of hydrogen-bond acceptors (Lipinski definition) is 6. The van der Waals surface area contributed by atoms with Gasteiger partial charge in [-0.1, -0.05) is 42.5 Å². The summed E-state index contributed by atoms with van der Waals surface area (Å²) in [6.45, 7) is 0.504. The first-order chi connectivity index (χ1) is 18.0. The summed E-state index contributed by atoms with van der Waals surface area (Å²) >= 11 is 0. The van der Waals surface area contributed by atoms with Crippen LogP contribution in [-0.4, -0.2) is 42.1 Å². The summed E-state index contributed by atoms with van der Waals surface area (Å²) in [5, 5.41) is 7.77. The maximum atomic E-state index is 12.8. The van der Waals surface area contributed by atoms with Gasteiger partial charge in [-0.3, -0.25) is 4.79 Å². The van der Waals surface area contributed by atoms with E-state index in [4.69, 9.17) is 14.7 Å². The minimum Gasteiger partial charge on any atom is -0.489 e. The van der Waals surface area contributed by atoms with Crippen molar-refractivity contribution in [2.75, 3.05) is 24.3 Å². The van der Waals surface area contributed by atoms with Crippen LogP contribution in [0, 0.1) is 0 Å². The summed E-state index contributed by atoms with van der Waals surface area (Å²) in [4.78, 5) is 24.3. The van der Waals surface area contributed by atoms with Gasteiger partial charge in [0.15, 0.2) is 0 Å². The van der Waals surface area contributed by atoms with Gasteiger partial charge in [-0.05, 0) is 67.6 Å². The molecule has 0 unspecified atom stereocenters. The highest BCUT2D eigenvalue weighted by Crippen LogP contribution is 2.26. The van der Waals surface area contributed by atoms with Crippen LogP contribution in [0.5, 0.6) is 5.75 Å². The van der Waals surface area contributed by atoms with Crippen molar-refractivity contribution in [1.82, 2.24) is 15.3 Å². The van der Waals surface area contributed by atoms with E-state index >= 15 is 0 Å². The summed E-state index contributed by atoms with van der Waals surface area (Å²) in [6, 6.07) is 25.9. The Balaban J connectivity index is 1.12. The van der Waals surface area contributed by atoms with E-state index < -0.39 is 0 Å². The lowest BCUT2D eigenvalue weighted by Crippen LogP contribution is -2.40. The summed E-state index contributed by atoms with van der Waals surface area (Å²) in [7, 11) is 4.00. The zero-order valence-electron chi connectivity index (χ0n) is 21.4. The Bertz CT molecular complexity index is 1330. The number of carbonyl (C=O) groups is 1. The molecule has 1 amide bonds. The molecule has 5 rings (SSSR count). The predicted molar refractivity (Wildman–Crippen MR) is 148 cm³/mol. The Hall–Kier alpha value is -4.13. The predicted octanol–water partition coefficient (Wildman–Crippen LogP) is 5.43. The van der Waals surface area contributed by atoms with Gasteiger partial charge < -0.3 is 20.3 Å². The van der Waals surface area contributed by atoms with Gasteiger partial charge in [-0.2, -0.15) is 4.98 Å². The number of anilines is 2. The molecule has 0 atom stereocenters. The molecule has 1 heterocycles. The molecule has 0 radical (unpaired) electrons. The number of nitrogens with zero attached hydrogens (tertiary/aromatic N) is 3. The number of benzene rings is 3. The van der Waals surface area contributed by atoms with Gasteiger partial charge in [0.1, 0.15) is 18.2 Å². The van der Waals surface area contributed by atoms with Crippen molar-refractivity contribution >= 4 is 28.6 Å². The number of fused-ring (bicyclic) bond motifs is 1. The molecule has 7 nitrogen and oxygen atoms in total. The molecule has 3 aromatic carbocycles. The Morgan fingerprint density at radius 3 is 2.27 bits per heavy atom. The van der Waals surface area contributed by atoms with E-state index in [0.717, 1.165) is 53.7 Å². The third kappa shape index (κ3) is 6.17. The monoisotopic (exact) mass is 495 g/mol. The number of para-hydroxylation sites is 1. The van der Waals surface area contributed by atoms with Crippen LogP contribution in [0.1, 0.15) is 41.6 Å². The van der Waals surface area contributed by atoms with Crippen molar-refractivity contribution in [2.24, 2.45) is 0 Å². The maximum Gasteiger partial charge on any atom is 0.251 e. The quantitative estimate of drug-likeness (QED) is 0.339. The van der Waals surface area contributed by atoms with Gasteiger partial charge >= 0.3 is 0 Å². The molecular weight excluding hydrogens is 462 g/mol. The number of amides is 1. The van der Waals surface area contributed by atoms with E-state index in [1.54, 1.807) is 0 Å². The average molecular weight is 496 g/mol. The zero-order valence-corrected chi connectivity index (χ0v) is 21.4. The van der Waals surface area contributed by atoms with E-state index in [1.807, 2.05) is 97.9 Å². The highest BCUT2D eigenvalue weighted by Gasteiger charge is 2.24. The van der Waals surface area contributed by atoms with Crippen molar-refractivity contribution in [2.45, 2.75) is 44.4 Å². The van der Waals surface area contributed by atoms with Crippen molar-refractivity contribution in [3.63, 3.8) is 0 Å². The fraction of sp³-hybridized carbons (Fsp3) is 0.300. The minimum absolute atomic E-state index is 0.0421. The molecule has 1 saturated carbocycles. The third-order valence-corrected chi connectivity index (χ3v) is 6.77. The Kier molecular flexibility index (Phi) is 7.49. The average Bonchev–Trinajstić information content (AvgIpc) is 2.93. The molecule has 190 valence electrons. The molecule has 0 saturated heterocycles. The Morgan fingerprint density at radius 2 is 1.54 bits per heavy atom. The molecule has 1 aliphatic rings. The minimum atomic E-state index is -0.0421. The van der Waals surface area contributed by atoms with Crippen LogP contribution in [0.3, 0.4) is 0 Å². The fourth-order valence-corrected chi connectivity index (χ4v) is 4.74. The molecule has 4 aromatic rings. The smallest absolute Gasteiger partial charge is 0.251 e. The summed E-state index contributed by atoms with van der Waals surface area (Å²) in [6.07, 6.45) is 3.72. The van der Waals surface area contributed by atoms with Gasteiger partial charge in [0, 0.05) is 37.1 Å². The largest absolute Gasteiger partial charge is 0.489 e. The number of rotatable bonds is 8. The highest BCUT2D eigenvalue weighted by molar-refractivity contribution is 5.94. The van der Waals surface area contributed by atoms with E-state index in [2.05, 4.69) is 10.6 Å². The SMILES string of the molecule is CN(C)c1nc(NC2CCC(NC(=O)c3ccc(OCc4ccccc4)cc3)CC2)nc2ccccc12. The van der Waals surface area contributed by atoms with Gasteiger partial charge in [-0.25, -0.2) is 4.98 Å². The Morgan fingerprint density at radius 1 is 0.865 bits per heavy atom. The molecule has 1 aromatic heterocycles. The van der Waals surface area contributed by atoms with Crippen LogP contribution >= 0.6 is 0 Å². The molecule has 1 fully saturated rings. The molecule has 0 spiro atoms. The molecule has 1 aliphatic carbocycles. The second kappa shape index (κ2) is 11.3. The topological polar surface area (TPSA) is 79.4 Å². The second-order valence-corrected chi connectivity index (χ2v) is 9.75. The van der Waals surface area contributed by atoms with Crippen LogP contribution in [0.2, 0.25) is 0 Å². The molecule has 2 N–H and O–H groups in total. The van der Waals surface area contributed by atoms with E-state index in [0.29, 0.717) is 18.1 Å². The van der Waals surface area contributed by atoms with Crippen LogP contribution < -0.4 is 20.3 Å². The van der Waals surface area contributed by atoms with Gasteiger partial charge in [0.2, 0.25) is 5.95 Å². The van der Waals surface area contributed by atoms with Crippen molar-refractivity contribution in [3.8, 4) is 5.75 Å². The maximum absolute atomic E-state index is 12.8. The first-order valence-corrected chi connectivity index (χ1v) is 12.8. The zero-order chi connectivity index (χ0) is 25.6. The van der Waals surface area contributed by atoms with Crippen molar-refractivity contribution in [3.05, 3.63) is 90.0 Å². The number of hydrogen-bond donors (Lipinski definition) is 2. The van der Waals surface area contributed by atoms with E-state index in [9.17, 15) is 4.79 Å². The lowest BCUT2D eigenvalue weighted by molar-refractivity contribution is 0.0926. The number of aromatic nitrogens is 2. The number of nitrogens with one attached hydrogen (secondary N) is 2. The fourth-order valence-electron chi connectivity index (χ4n) is 4.74. The third-order valence-electron chi connectivity index (χ3n) is 6.77.